The summed E-state index contributed by atoms with van der Waals surface area (Å²) < 4.78 is 0. The van der Waals surface area contributed by atoms with Crippen LogP contribution in [-0.2, 0) is 4.79 Å². The molecule has 1 aliphatic carbocycles. The van der Waals surface area contributed by atoms with E-state index in [9.17, 15) is 4.79 Å². The quantitative estimate of drug-likeness (QED) is 0.469. The van der Waals surface area contributed by atoms with E-state index in [2.05, 4.69) is 25.7 Å². The third kappa shape index (κ3) is 1.22. The van der Waals surface area contributed by atoms with Gasteiger partial charge in [-0.2, -0.15) is 0 Å². The highest BCUT2D eigenvalue weighted by Gasteiger charge is 2.23. The average molecular weight is 124 g/mol. The van der Waals surface area contributed by atoms with Crippen LogP contribution >= 0.6 is 11.6 Å². The normalized spacial score (nSPS) is 21.6. The summed E-state index contributed by atoms with van der Waals surface area (Å²) in [6, 6.07) is 0. The Morgan fingerprint density at radius 2 is 1.88 bits per heavy atom. The second kappa shape index (κ2) is 2.49. The minimum Gasteiger partial charge on any atom is -0.281 e. The predicted octanol–water partition coefficient (Wildman–Crippen LogP) is 0.665. The van der Waals surface area contributed by atoms with Crippen LogP contribution in [0.25, 0.3) is 0 Å². The van der Waals surface area contributed by atoms with Gasteiger partial charge in [-0.05, 0) is 11.6 Å². The zero-order valence-electron chi connectivity index (χ0n) is 3.79. The highest BCUT2D eigenvalue weighted by molar-refractivity contribution is 6.67. The van der Waals surface area contributed by atoms with Crippen LogP contribution in [0, 0.1) is 31.6 Å². The van der Waals surface area contributed by atoms with E-state index >= 15 is 0 Å². The summed E-state index contributed by atoms with van der Waals surface area (Å²) in [5, 5.41) is -0.567. The van der Waals surface area contributed by atoms with Crippen molar-refractivity contribution in [1.29, 1.82) is 0 Å². The summed E-state index contributed by atoms with van der Waals surface area (Å²) in [6.07, 6.45) is 9.64. The number of carbonyl (C=O) groups excluding carboxylic acids is 1. The smallest absolute Gasteiger partial charge is 0.230 e. The summed E-state index contributed by atoms with van der Waals surface area (Å²) in [4.78, 5) is 10.2. The van der Waals surface area contributed by atoms with E-state index in [-0.39, 0.29) is 5.92 Å². The molecular formula is C6ClO. The zero-order chi connectivity index (χ0) is 5.98. The topological polar surface area (TPSA) is 17.1 Å². The number of rotatable bonds is 1. The van der Waals surface area contributed by atoms with E-state index in [1.165, 1.54) is 0 Å². The molecule has 0 aromatic carbocycles. The Morgan fingerprint density at radius 1 is 1.38 bits per heavy atom. The van der Waals surface area contributed by atoms with Gasteiger partial charge < -0.3 is 0 Å². The molecule has 0 heterocycles. The van der Waals surface area contributed by atoms with Gasteiger partial charge in [-0.1, -0.05) is 0 Å². The molecule has 0 aromatic rings. The van der Waals surface area contributed by atoms with Gasteiger partial charge in [0.2, 0.25) is 5.24 Å². The maximum absolute atomic E-state index is 10.2. The Balaban J connectivity index is 2.35. The molecule has 2 heteroatoms. The lowest BCUT2D eigenvalue weighted by Gasteiger charge is -1.93. The molecule has 0 N–H and O–H groups in total. The van der Waals surface area contributed by atoms with Gasteiger partial charge in [0.25, 0.3) is 0 Å². The Kier molecular flexibility index (Phi) is 1.90. The van der Waals surface area contributed by atoms with E-state index in [0.717, 1.165) is 0 Å². The first-order valence-corrected chi connectivity index (χ1v) is 2.27. The van der Waals surface area contributed by atoms with Gasteiger partial charge in [0.15, 0.2) is 0 Å². The first kappa shape index (κ1) is 6.09. The average Bonchev–Trinajstić information content (AvgIpc) is 2.12. The van der Waals surface area contributed by atoms with Crippen molar-refractivity contribution in [3.8, 4) is 0 Å². The number of halogens is 1. The van der Waals surface area contributed by atoms with Crippen molar-refractivity contribution in [2.24, 2.45) is 0 Å². The molecule has 0 aliphatic heterocycles. The molecular weight excluding hydrogens is 124 g/mol. The van der Waals surface area contributed by atoms with E-state index < -0.39 is 5.24 Å². The molecule has 0 unspecified atom stereocenters. The van der Waals surface area contributed by atoms with Crippen LogP contribution in [0.4, 0.5) is 0 Å². The molecule has 37 valence electrons. The van der Waals surface area contributed by atoms with Crippen molar-refractivity contribution in [2.75, 3.05) is 0 Å². The van der Waals surface area contributed by atoms with Crippen LogP contribution < -0.4 is 0 Å². The monoisotopic (exact) mass is 123 g/mol. The molecule has 0 bridgehead atoms. The standard InChI is InChI=1S/C6ClO/c7-6(8)5-3-1-2-4-5. The number of carbonyl (C=O) groups is 1. The van der Waals surface area contributed by atoms with E-state index in [1.54, 1.807) is 0 Å². The van der Waals surface area contributed by atoms with Crippen molar-refractivity contribution in [2.45, 2.75) is 0 Å². The summed E-state index contributed by atoms with van der Waals surface area (Å²) in [6.45, 7) is 0. The molecule has 0 spiro atoms. The van der Waals surface area contributed by atoms with E-state index in [0.29, 0.717) is 0 Å². The van der Waals surface area contributed by atoms with Crippen LogP contribution in [0.3, 0.4) is 0 Å². The fourth-order valence-corrected chi connectivity index (χ4v) is 0.412. The molecule has 0 aromatic heterocycles. The molecule has 0 atom stereocenters. The van der Waals surface area contributed by atoms with Gasteiger partial charge in [-0.25, -0.2) is 0 Å². The maximum Gasteiger partial charge on any atom is 0.230 e. The lowest BCUT2D eigenvalue weighted by atomic mass is 10.1. The third-order valence-corrected chi connectivity index (χ3v) is 0.823. The van der Waals surface area contributed by atoms with Crippen LogP contribution in [0.15, 0.2) is 0 Å². The third-order valence-electron chi connectivity index (χ3n) is 0.634. The maximum atomic E-state index is 10.2. The first-order valence-electron chi connectivity index (χ1n) is 1.89. The van der Waals surface area contributed by atoms with Crippen LogP contribution in [0.5, 0.6) is 0 Å². The minimum atomic E-state index is -0.567. The van der Waals surface area contributed by atoms with Crippen molar-refractivity contribution in [3.05, 3.63) is 31.6 Å². The fraction of sp³-hybridized carbons (Fsp3) is 0. The fourth-order valence-electron chi connectivity index (χ4n) is 0.317. The predicted molar refractivity (Wildman–Crippen MR) is 27.1 cm³/mol. The lowest BCUT2D eigenvalue weighted by Crippen LogP contribution is -1.99. The first-order chi connectivity index (χ1) is 3.80. The molecule has 0 amide bonds. The SMILES string of the molecule is O=C(Cl)[C]1[C][C][C][C]1. The summed E-state index contributed by atoms with van der Waals surface area (Å²) >= 11 is 5.00. The summed E-state index contributed by atoms with van der Waals surface area (Å²) in [5.41, 5.74) is 0. The van der Waals surface area contributed by atoms with Gasteiger partial charge in [0.1, 0.15) is 0 Å². The van der Waals surface area contributed by atoms with Gasteiger partial charge in [0, 0.05) is 25.7 Å². The van der Waals surface area contributed by atoms with Crippen molar-refractivity contribution < 1.29 is 4.79 Å². The van der Waals surface area contributed by atoms with Gasteiger partial charge in [0.05, 0.1) is 5.92 Å². The molecule has 1 rings (SSSR count). The Morgan fingerprint density at radius 3 is 2.12 bits per heavy atom. The van der Waals surface area contributed by atoms with Crippen molar-refractivity contribution >= 4 is 16.8 Å². The molecule has 1 fully saturated rings. The highest BCUT2D eigenvalue weighted by atomic mass is 35.5. The largest absolute Gasteiger partial charge is 0.281 e. The highest BCUT2D eigenvalue weighted by Crippen LogP contribution is 2.24. The van der Waals surface area contributed by atoms with Crippen molar-refractivity contribution in [3.63, 3.8) is 0 Å². The van der Waals surface area contributed by atoms with Crippen LogP contribution in [-0.4, -0.2) is 5.24 Å². The Bertz CT molecular complexity index is 94.7. The van der Waals surface area contributed by atoms with Crippen molar-refractivity contribution in [1.82, 2.24) is 0 Å². The van der Waals surface area contributed by atoms with Gasteiger partial charge in [-0.15, -0.1) is 0 Å². The molecule has 9 radical (unpaired) electrons. The zero-order valence-corrected chi connectivity index (χ0v) is 4.54. The molecule has 8 heavy (non-hydrogen) atoms. The molecule has 1 nitrogen and oxygen atoms in total. The molecule has 1 saturated carbocycles. The Hall–Kier alpha value is -0.0400. The van der Waals surface area contributed by atoms with Crippen LogP contribution in [0.1, 0.15) is 0 Å². The molecule has 0 saturated heterocycles. The summed E-state index contributed by atoms with van der Waals surface area (Å²) in [7, 11) is 0. The van der Waals surface area contributed by atoms with E-state index in [4.69, 9.17) is 11.6 Å². The van der Waals surface area contributed by atoms with E-state index in [1.807, 2.05) is 0 Å². The number of hydrogen-bond donors (Lipinski definition) is 0. The second-order valence-electron chi connectivity index (χ2n) is 1.15. The molecule has 1 aliphatic rings. The van der Waals surface area contributed by atoms with Crippen LogP contribution in [0.2, 0.25) is 0 Å². The van der Waals surface area contributed by atoms with Gasteiger partial charge >= 0.3 is 0 Å². The lowest BCUT2D eigenvalue weighted by molar-refractivity contribution is -0.109. The van der Waals surface area contributed by atoms with Gasteiger partial charge in [-0.3, -0.25) is 4.79 Å². The summed E-state index contributed by atoms with van der Waals surface area (Å²) in [5.74, 6) is 0.201. The second-order valence-corrected chi connectivity index (χ2v) is 1.49. The number of hydrogen-bond acceptors (Lipinski definition) is 1. The Labute approximate surface area is 54.0 Å². The minimum absolute atomic E-state index is 0.201.